The van der Waals surface area contributed by atoms with Crippen LogP contribution in [0.5, 0.6) is 5.88 Å². The topological polar surface area (TPSA) is 110 Å². The highest BCUT2D eigenvalue weighted by Gasteiger charge is 2.22. The molecular formula is C26H17F2N5O3S. The van der Waals surface area contributed by atoms with Gasteiger partial charge in [0.1, 0.15) is 22.2 Å². The molecule has 0 aliphatic carbocycles. The number of pyridine rings is 2. The molecule has 11 heteroatoms. The molecule has 184 valence electrons. The Hall–Kier alpha value is -4.82. The van der Waals surface area contributed by atoms with E-state index in [1.54, 1.807) is 24.7 Å². The van der Waals surface area contributed by atoms with E-state index in [1.165, 1.54) is 19.4 Å². The van der Waals surface area contributed by atoms with Crippen molar-refractivity contribution in [1.82, 2.24) is 20.2 Å². The summed E-state index contributed by atoms with van der Waals surface area (Å²) in [5, 5.41) is 7.38. The molecule has 5 aromatic rings. The molecule has 0 aliphatic rings. The molecule has 0 amide bonds. The van der Waals surface area contributed by atoms with E-state index in [0.717, 1.165) is 34.2 Å². The fourth-order valence-corrected chi connectivity index (χ4v) is 4.74. The molecule has 3 heterocycles. The van der Waals surface area contributed by atoms with Crippen LogP contribution >= 0.6 is 0 Å². The smallest absolute Gasteiger partial charge is 0.264 e. The zero-order valence-electron chi connectivity index (χ0n) is 19.2. The van der Waals surface area contributed by atoms with Crippen molar-refractivity contribution in [2.45, 2.75) is 4.90 Å². The number of fused-ring (bicyclic) bond motifs is 1. The number of methoxy groups -OCH3 is 1. The van der Waals surface area contributed by atoms with E-state index in [0.29, 0.717) is 17.2 Å². The molecule has 0 atom stereocenters. The minimum Gasteiger partial charge on any atom is -0.480 e. The number of hydrogen-bond acceptors (Lipinski definition) is 6. The van der Waals surface area contributed by atoms with Gasteiger partial charge in [0.2, 0.25) is 5.88 Å². The van der Waals surface area contributed by atoms with E-state index in [2.05, 4.69) is 36.7 Å². The van der Waals surface area contributed by atoms with Gasteiger partial charge in [0.05, 0.1) is 24.4 Å². The highest BCUT2D eigenvalue weighted by molar-refractivity contribution is 7.92. The van der Waals surface area contributed by atoms with Crippen LogP contribution < -0.4 is 9.46 Å². The first-order valence-corrected chi connectivity index (χ1v) is 12.2. The number of nitrogens with zero attached hydrogens (tertiary/aromatic N) is 3. The van der Waals surface area contributed by atoms with Gasteiger partial charge in [-0.2, -0.15) is 5.10 Å². The number of anilines is 1. The predicted octanol–water partition coefficient (Wildman–Crippen LogP) is 4.51. The summed E-state index contributed by atoms with van der Waals surface area (Å²) in [6.07, 6.45) is 6.48. The number of halogens is 2. The first-order valence-electron chi connectivity index (χ1n) is 10.8. The van der Waals surface area contributed by atoms with Crippen molar-refractivity contribution in [3.8, 4) is 28.8 Å². The van der Waals surface area contributed by atoms with E-state index in [1.807, 2.05) is 18.2 Å². The van der Waals surface area contributed by atoms with Crippen LogP contribution in [0.15, 0.2) is 78.2 Å². The van der Waals surface area contributed by atoms with Crippen molar-refractivity contribution in [2.24, 2.45) is 0 Å². The Labute approximate surface area is 210 Å². The number of nitrogens with one attached hydrogen (secondary N) is 2. The third kappa shape index (κ3) is 4.96. The third-order valence-corrected chi connectivity index (χ3v) is 6.79. The van der Waals surface area contributed by atoms with Crippen molar-refractivity contribution in [3.63, 3.8) is 0 Å². The maximum absolute atomic E-state index is 14.2. The molecule has 0 saturated carbocycles. The number of sulfonamides is 1. The number of hydrogen-bond donors (Lipinski definition) is 2. The van der Waals surface area contributed by atoms with E-state index < -0.39 is 26.6 Å². The molecule has 0 saturated heterocycles. The summed E-state index contributed by atoms with van der Waals surface area (Å²) in [7, 11) is -3.09. The first kappa shape index (κ1) is 23.9. The summed E-state index contributed by atoms with van der Waals surface area (Å²) < 4.78 is 60.7. The van der Waals surface area contributed by atoms with Gasteiger partial charge in [-0.3, -0.25) is 14.8 Å². The number of benzene rings is 2. The summed E-state index contributed by atoms with van der Waals surface area (Å²) in [4.78, 5) is 7.88. The predicted molar refractivity (Wildman–Crippen MR) is 133 cm³/mol. The lowest BCUT2D eigenvalue weighted by Crippen LogP contribution is -2.15. The number of ether oxygens (including phenoxy) is 1. The van der Waals surface area contributed by atoms with Crippen molar-refractivity contribution in [3.05, 3.63) is 96.1 Å². The zero-order valence-corrected chi connectivity index (χ0v) is 20.0. The van der Waals surface area contributed by atoms with Crippen molar-refractivity contribution >= 4 is 26.6 Å². The van der Waals surface area contributed by atoms with E-state index in [4.69, 9.17) is 4.74 Å². The molecule has 3 aromatic heterocycles. The summed E-state index contributed by atoms with van der Waals surface area (Å²) in [5.41, 5.74) is 3.43. The maximum atomic E-state index is 14.2. The van der Waals surface area contributed by atoms with Gasteiger partial charge in [-0.1, -0.05) is 17.9 Å². The lowest BCUT2D eigenvalue weighted by molar-refractivity contribution is 0.400. The third-order valence-electron chi connectivity index (χ3n) is 5.39. The second-order valence-electron chi connectivity index (χ2n) is 7.79. The molecule has 0 unspecified atom stereocenters. The van der Waals surface area contributed by atoms with Crippen LogP contribution in [0.4, 0.5) is 14.5 Å². The Morgan fingerprint density at radius 3 is 2.59 bits per heavy atom. The lowest BCUT2D eigenvalue weighted by Gasteiger charge is -2.13. The van der Waals surface area contributed by atoms with Gasteiger partial charge in [0, 0.05) is 41.2 Å². The average Bonchev–Trinajstić information content (AvgIpc) is 3.40. The van der Waals surface area contributed by atoms with Crippen LogP contribution in [0.3, 0.4) is 0 Å². The maximum Gasteiger partial charge on any atom is 0.264 e. The summed E-state index contributed by atoms with van der Waals surface area (Å²) in [6, 6.07) is 11.0. The molecule has 0 bridgehead atoms. The number of aromatic amines is 1. The SMILES string of the molecule is COc1ncc(-c2ccc3nccc(C#Cc4cn[nH]c4)c3c2)cc1NS(=O)(=O)c1ccc(F)cc1F. The molecule has 0 fully saturated rings. The standard InChI is InChI=1S/C26H17F2N5O3S/c1-36-26-24(33-37(34,35)25-7-5-20(27)12-22(25)28)11-19(15-30-26)18-4-6-23-21(10-18)17(8-9-29-23)3-2-16-13-31-32-14-16/h4-15,33H,1H3,(H,31,32). The van der Waals surface area contributed by atoms with E-state index in [-0.39, 0.29) is 11.6 Å². The quantitative estimate of drug-likeness (QED) is 0.332. The van der Waals surface area contributed by atoms with Gasteiger partial charge in [0.15, 0.2) is 0 Å². The molecule has 0 radical (unpaired) electrons. The van der Waals surface area contributed by atoms with Crippen molar-refractivity contribution in [1.29, 1.82) is 0 Å². The van der Waals surface area contributed by atoms with Crippen LogP contribution in [0.1, 0.15) is 11.1 Å². The van der Waals surface area contributed by atoms with Crippen LogP contribution in [-0.2, 0) is 10.0 Å². The van der Waals surface area contributed by atoms with Crippen LogP contribution in [-0.4, -0.2) is 35.7 Å². The lowest BCUT2D eigenvalue weighted by atomic mass is 10.0. The molecule has 0 aliphatic heterocycles. The normalized spacial score (nSPS) is 11.1. The van der Waals surface area contributed by atoms with Gasteiger partial charge >= 0.3 is 0 Å². The Bertz CT molecular complexity index is 1800. The summed E-state index contributed by atoms with van der Waals surface area (Å²) in [6.45, 7) is 0. The fraction of sp³-hybridized carbons (Fsp3) is 0.0385. The monoisotopic (exact) mass is 517 g/mol. The Kier molecular flexibility index (Phi) is 6.25. The first-order chi connectivity index (χ1) is 17.8. The zero-order chi connectivity index (χ0) is 26.0. The Morgan fingerprint density at radius 1 is 0.973 bits per heavy atom. The van der Waals surface area contributed by atoms with E-state index >= 15 is 0 Å². The Balaban J connectivity index is 1.55. The molecule has 8 nitrogen and oxygen atoms in total. The second-order valence-corrected chi connectivity index (χ2v) is 9.44. The van der Waals surface area contributed by atoms with Gasteiger partial charge < -0.3 is 4.74 Å². The van der Waals surface area contributed by atoms with Crippen molar-refractivity contribution < 1.29 is 21.9 Å². The van der Waals surface area contributed by atoms with Gasteiger partial charge in [-0.05, 0) is 42.0 Å². The van der Waals surface area contributed by atoms with Crippen LogP contribution in [0.25, 0.3) is 22.0 Å². The Morgan fingerprint density at radius 2 is 1.84 bits per heavy atom. The highest BCUT2D eigenvalue weighted by atomic mass is 32.2. The molecule has 2 N–H and O–H groups in total. The van der Waals surface area contributed by atoms with Crippen LogP contribution in [0.2, 0.25) is 0 Å². The largest absolute Gasteiger partial charge is 0.480 e. The molecule has 5 rings (SSSR count). The second kappa shape index (κ2) is 9.67. The van der Waals surface area contributed by atoms with Gasteiger partial charge in [-0.15, -0.1) is 0 Å². The highest BCUT2D eigenvalue weighted by Crippen LogP contribution is 2.32. The number of rotatable bonds is 5. The van der Waals surface area contributed by atoms with Crippen molar-refractivity contribution in [2.75, 3.05) is 11.8 Å². The number of aromatic nitrogens is 4. The summed E-state index contributed by atoms with van der Waals surface area (Å²) >= 11 is 0. The van der Waals surface area contributed by atoms with E-state index in [9.17, 15) is 17.2 Å². The minimum atomic E-state index is -4.41. The minimum absolute atomic E-state index is 0.0185. The fourth-order valence-electron chi connectivity index (χ4n) is 3.63. The average molecular weight is 518 g/mol. The summed E-state index contributed by atoms with van der Waals surface area (Å²) in [5.74, 6) is 4.02. The van der Waals surface area contributed by atoms with Crippen LogP contribution in [0, 0.1) is 23.5 Å². The molecule has 0 spiro atoms. The number of H-pyrrole nitrogens is 1. The molecule has 2 aromatic carbocycles. The van der Waals surface area contributed by atoms with Gasteiger partial charge in [-0.25, -0.2) is 22.2 Å². The van der Waals surface area contributed by atoms with Gasteiger partial charge in [0.25, 0.3) is 10.0 Å². The molecular weight excluding hydrogens is 500 g/mol. The molecule has 37 heavy (non-hydrogen) atoms.